The Morgan fingerprint density at radius 3 is 2.89 bits per heavy atom. The predicted octanol–water partition coefficient (Wildman–Crippen LogP) is 1.30. The number of carbonyl (C=O) groups excluding carboxylic acids is 1. The molecule has 98 valence electrons. The van der Waals surface area contributed by atoms with Gasteiger partial charge in [-0.15, -0.1) is 0 Å². The molecule has 0 aliphatic carbocycles. The largest absolute Gasteiger partial charge is 0.409 e. The third-order valence-corrected chi connectivity index (χ3v) is 2.90. The molecule has 0 aromatic carbocycles. The second-order valence-corrected chi connectivity index (χ2v) is 4.92. The van der Waals surface area contributed by atoms with Crippen molar-refractivity contribution >= 4 is 27.7 Å². The zero-order chi connectivity index (χ0) is 13.7. The molecule has 1 rings (SSSR count). The molecular formula is C11H15BrN4O2. The van der Waals surface area contributed by atoms with Crippen LogP contribution in [0.2, 0.25) is 0 Å². The second-order valence-electron chi connectivity index (χ2n) is 4.00. The fourth-order valence-corrected chi connectivity index (χ4v) is 1.80. The first-order valence-corrected chi connectivity index (χ1v) is 6.08. The minimum absolute atomic E-state index is 0.0991. The van der Waals surface area contributed by atoms with E-state index in [1.54, 1.807) is 26.2 Å². The number of nitrogens with zero attached hydrogens (tertiary/aromatic N) is 3. The van der Waals surface area contributed by atoms with Crippen molar-refractivity contribution < 1.29 is 10.0 Å². The molecular weight excluding hydrogens is 300 g/mol. The number of amides is 1. The van der Waals surface area contributed by atoms with Crippen LogP contribution in [0, 0.1) is 5.92 Å². The molecule has 3 N–H and O–H groups in total. The number of aromatic nitrogens is 1. The van der Waals surface area contributed by atoms with Gasteiger partial charge in [-0.1, -0.05) is 12.1 Å². The third kappa shape index (κ3) is 3.69. The van der Waals surface area contributed by atoms with Crippen LogP contribution in [0.5, 0.6) is 0 Å². The molecule has 18 heavy (non-hydrogen) atoms. The van der Waals surface area contributed by atoms with Gasteiger partial charge in [0, 0.05) is 36.4 Å². The summed E-state index contributed by atoms with van der Waals surface area (Å²) < 4.78 is 0.742. The SMILES string of the molecule is CC(CN(C)C(=O)c1cncc(Br)c1)/C(N)=N/O. The first kappa shape index (κ1) is 14.4. The minimum atomic E-state index is -0.218. The number of halogens is 1. The summed E-state index contributed by atoms with van der Waals surface area (Å²) in [6.07, 6.45) is 3.10. The van der Waals surface area contributed by atoms with Gasteiger partial charge in [-0.25, -0.2) is 0 Å². The van der Waals surface area contributed by atoms with Gasteiger partial charge in [0.15, 0.2) is 0 Å². The summed E-state index contributed by atoms with van der Waals surface area (Å²) in [5.41, 5.74) is 5.95. The summed E-state index contributed by atoms with van der Waals surface area (Å²) in [5.74, 6) is -0.285. The monoisotopic (exact) mass is 314 g/mol. The number of hydrogen-bond donors (Lipinski definition) is 2. The molecule has 0 saturated heterocycles. The standard InChI is InChI=1S/C11H15BrN4O2/c1-7(10(13)15-18)6-16(2)11(17)8-3-9(12)5-14-4-8/h3-5,7,18H,6H2,1-2H3,(H2,13,15). The zero-order valence-electron chi connectivity index (χ0n) is 10.2. The molecule has 0 bridgehead atoms. The highest BCUT2D eigenvalue weighted by atomic mass is 79.9. The van der Waals surface area contributed by atoms with Gasteiger partial charge in [-0.2, -0.15) is 0 Å². The normalized spacial score (nSPS) is 13.2. The molecule has 1 aromatic heterocycles. The Hall–Kier alpha value is -1.63. The van der Waals surface area contributed by atoms with Crippen molar-refractivity contribution in [2.45, 2.75) is 6.92 Å². The third-order valence-electron chi connectivity index (χ3n) is 2.47. The molecule has 0 aliphatic heterocycles. The van der Waals surface area contributed by atoms with E-state index in [9.17, 15) is 4.79 Å². The van der Waals surface area contributed by atoms with Crippen LogP contribution in [0.3, 0.4) is 0 Å². The maximum Gasteiger partial charge on any atom is 0.255 e. The fraction of sp³-hybridized carbons (Fsp3) is 0.364. The number of pyridine rings is 1. The summed E-state index contributed by atoms with van der Waals surface area (Å²) in [5, 5.41) is 11.5. The predicted molar refractivity (Wildman–Crippen MR) is 71.5 cm³/mol. The topological polar surface area (TPSA) is 91.8 Å². The van der Waals surface area contributed by atoms with Gasteiger partial charge >= 0.3 is 0 Å². The van der Waals surface area contributed by atoms with Crippen molar-refractivity contribution in [1.82, 2.24) is 9.88 Å². The highest BCUT2D eigenvalue weighted by molar-refractivity contribution is 9.10. The van der Waals surface area contributed by atoms with E-state index in [1.165, 1.54) is 11.1 Å². The highest BCUT2D eigenvalue weighted by Gasteiger charge is 2.17. The molecule has 1 atom stereocenters. The Labute approximate surface area is 114 Å². The lowest BCUT2D eigenvalue weighted by atomic mass is 10.1. The molecule has 0 fully saturated rings. The number of nitrogens with two attached hydrogens (primary N) is 1. The second kappa shape index (κ2) is 6.34. The Bertz CT molecular complexity index is 464. The lowest BCUT2D eigenvalue weighted by molar-refractivity contribution is 0.0785. The lowest BCUT2D eigenvalue weighted by Crippen LogP contribution is -2.36. The van der Waals surface area contributed by atoms with E-state index in [1.807, 2.05) is 0 Å². The van der Waals surface area contributed by atoms with Gasteiger partial charge in [-0.3, -0.25) is 9.78 Å². The van der Waals surface area contributed by atoms with Crippen molar-refractivity contribution in [3.8, 4) is 0 Å². The van der Waals surface area contributed by atoms with Gasteiger partial charge < -0.3 is 15.8 Å². The number of hydrogen-bond acceptors (Lipinski definition) is 4. The molecule has 1 unspecified atom stereocenters. The van der Waals surface area contributed by atoms with Crippen LogP contribution in [0.15, 0.2) is 28.1 Å². The molecule has 0 aliphatic rings. The van der Waals surface area contributed by atoms with Gasteiger partial charge in [0.2, 0.25) is 0 Å². The average Bonchev–Trinajstić information content (AvgIpc) is 2.36. The average molecular weight is 315 g/mol. The fourth-order valence-electron chi connectivity index (χ4n) is 1.43. The zero-order valence-corrected chi connectivity index (χ0v) is 11.8. The first-order chi connectivity index (χ1) is 8.45. The Kier molecular flexibility index (Phi) is 5.08. The van der Waals surface area contributed by atoms with Gasteiger partial charge in [-0.05, 0) is 22.0 Å². The Morgan fingerprint density at radius 1 is 1.67 bits per heavy atom. The summed E-state index contributed by atoms with van der Waals surface area (Å²) in [6, 6.07) is 1.69. The first-order valence-electron chi connectivity index (χ1n) is 5.29. The van der Waals surface area contributed by atoms with E-state index < -0.39 is 0 Å². The van der Waals surface area contributed by atoms with E-state index in [0.717, 1.165) is 4.47 Å². The van der Waals surface area contributed by atoms with Crippen molar-refractivity contribution in [1.29, 1.82) is 0 Å². The molecule has 1 aromatic rings. The molecule has 0 spiro atoms. The van der Waals surface area contributed by atoms with Crippen LogP contribution in [0.25, 0.3) is 0 Å². The number of oxime groups is 1. The summed E-state index contributed by atoms with van der Waals surface area (Å²) in [6.45, 7) is 2.14. The molecule has 0 radical (unpaired) electrons. The molecule has 1 amide bonds. The van der Waals surface area contributed by atoms with Crippen LogP contribution >= 0.6 is 15.9 Å². The van der Waals surface area contributed by atoms with Crippen LogP contribution in [0.4, 0.5) is 0 Å². The van der Waals surface area contributed by atoms with Crippen LogP contribution in [-0.4, -0.2) is 40.4 Å². The van der Waals surface area contributed by atoms with E-state index in [2.05, 4.69) is 26.1 Å². The maximum atomic E-state index is 12.1. The number of amidine groups is 1. The van der Waals surface area contributed by atoms with E-state index in [-0.39, 0.29) is 17.7 Å². The van der Waals surface area contributed by atoms with E-state index in [4.69, 9.17) is 10.9 Å². The van der Waals surface area contributed by atoms with Crippen LogP contribution < -0.4 is 5.73 Å². The minimum Gasteiger partial charge on any atom is -0.409 e. The van der Waals surface area contributed by atoms with E-state index in [0.29, 0.717) is 12.1 Å². The quantitative estimate of drug-likeness (QED) is 0.379. The Morgan fingerprint density at radius 2 is 2.33 bits per heavy atom. The van der Waals surface area contributed by atoms with Crippen molar-refractivity contribution in [3.05, 3.63) is 28.5 Å². The molecule has 7 heteroatoms. The van der Waals surface area contributed by atoms with Crippen LogP contribution in [0.1, 0.15) is 17.3 Å². The summed E-state index contributed by atoms with van der Waals surface area (Å²) in [4.78, 5) is 17.5. The van der Waals surface area contributed by atoms with Gasteiger partial charge in [0.1, 0.15) is 5.84 Å². The molecule has 0 saturated carbocycles. The van der Waals surface area contributed by atoms with Crippen molar-refractivity contribution in [2.24, 2.45) is 16.8 Å². The summed E-state index contributed by atoms with van der Waals surface area (Å²) >= 11 is 3.26. The van der Waals surface area contributed by atoms with Gasteiger partial charge in [0.25, 0.3) is 5.91 Å². The van der Waals surface area contributed by atoms with E-state index >= 15 is 0 Å². The van der Waals surface area contributed by atoms with Crippen molar-refractivity contribution in [2.75, 3.05) is 13.6 Å². The van der Waals surface area contributed by atoms with Crippen LogP contribution in [-0.2, 0) is 0 Å². The Balaban J connectivity index is 2.73. The molecule has 6 nitrogen and oxygen atoms in total. The summed E-state index contributed by atoms with van der Waals surface area (Å²) in [7, 11) is 1.66. The smallest absolute Gasteiger partial charge is 0.255 e. The van der Waals surface area contributed by atoms with Gasteiger partial charge in [0.05, 0.1) is 5.56 Å². The lowest BCUT2D eigenvalue weighted by Gasteiger charge is -2.20. The molecule has 1 heterocycles. The highest BCUT2D eigenvalue weighted by Crippen LogP contribution is 2.12. The maximum absolute atomic E-state index is 12.1. The number of carbonyl (C=O) groups is 1. The van der Waals surface area contributed by atoms with Crippen molar-refractivity contribution in [3.63, 3.8) is 0 Å². The number of rotatable bonds is 4.